The van der Waals surface area contributed by atoms with Crippen molar-refractivity contribution in [2.45, 2.75) is 46.2 Å². The van der Waals surface area contributed by atoms with Crippen LogP contribution in [0.3, 0.4) is 0 Å². The molecule has 40 heavy (non-hydrogen) atoms. The molecule has 1 N–H and O–H groups in total. The zero-order valence-corrected chi connectivity index (χ0v) is 23.0. The van der Waals surface area contributed by atoms with Crippen LogP contribution >= 0.6 is 0 Å². The van der Waals surface area contributed by atoms with E-state index >= 15 is 0 Å². The molecule has 2 aliphatic rings. The Morgan fingerprint density at radius 2 is 1.23 bits per heavy atom. The molecule has 2 aliphatic heterocycles. The molecule has 0 spiro atoms. The first-order chi connectivity index (χ1) is 19.4. The number of carbonyl (C=O) groups is 2. The highest BCUT2D eigenvalue weighted by molar-refractivity contribution is 5.89. The molecule has 4 aromatic rings. The van der Waals surface area contributed by atoms with Gasteiger partial charge in [0.15, 0.2) is 0 Å². The fourth-order valence-electron chi connectivity index (χ4n) is 5.44. The predicted octanol–water partition coefficient (Wildman–Crippen LogP) is 6.20. The fourth-order valence-corrected chi connectivity index (χ4v) is 5.44. The highest BCUT2D eigenvalue weighted by Crippen LogP contribution is 2.27. The van der Waals surface area contributed by atoms with E-state index in [1.807, 2.05) is 30.3 Å². The first-order valence-electron chi connectivity index (χ1n) is 13.5. The van der Waals surface area contributed by atoms with E-state index in [-0.39, 0.29) is 5.97 Å². The van der Waals surface area contributed by atoms with Crippen LogP contribution in [0, 0.1) is 6.92 Å². The number of carboxylic acids is 1. The molecule has 0 aromatic heterocycles. The molecule has 0 amide bonds. The molecular weight excluding hydrogens is 500 g/mol. The van der Waals surface area contributed by atoms with Gasteiger partial charge in [-0.2, -0.15) is 0 Å². The molecule has 6 rings (SSSR count). The Kier molecular flexibility index (Phi) is 8.39. The van der Waals surface area contributed by atoms with Gasteiger partial charge in [0, 0.05) is 39.3 Å². The Labute approximate surface area is 235 Å². The van der Waals surface area contributed by atoms with Gasteiger partial charge >= 0.3 is 11.9 Å². The van der Waals surface area contributed by atoms with Crippen molar-refractivity contribution < 1.29 is 19.4 Å². The molecule has 0 aliphatic carbocycles. The predicted molar refractivity (Wildman–Crippen MR) is 155 cm³/mol. The average molecular weight is 535 g/mol. The maximum atomic E-state index is 11.6. The van der Waals surface area contributed by atoms with Crippen LogP contribution in [0.5, 0.6) is 0 Å². The monoisotopic (exact) mass is 534 g/mol. The number of hydrogen-bond donors (Lipinski definition) is 1. The number of rotatable bonds is 6. The second kappa shape index (κ2) is 12.3. The molecule has 0 atom stereocenters. The first kappa shape index (κ1) is 27.3. The van der Waals surface area contributed by atoms with Gasteiger partial charge in [0.1, 0.15) is 0 Å². The smallest absolute Gasteiger partial charge is 0.337 e. The van der Waals surface area contributed by atoms with Crippen LogP contribution in [0.25, 0.3) is 0 Å². The van der Waals surface area contributed by atoms with Gasteiger partial charge in [0.05, 0.1) is 18.2 Å². The lowest BCUT2D eigenvalue weighted by Crippen LogP contribution is -2.15. The van der Waals surface area contributed by atoms with Gasteiger partial charge in [-0.15, -0.1) is 0 Å². The summed E-state index contributed by atoms with van der Waals surface area (Å²) in [4.78, 5) is 27.3. The van der Waals surface area contributed by atoms with E-state index in [0.29, 0.717) is 11.1 Å². The quantitative estimate of drug-likeness (QED) is 0.297. The van der Waals surface area contributed by atoms with Gasteiger partial charge in [0.25, 0.3) is 0 Å². The number of aromatic carboxylic acids is 1. The van der Waals surface area contributed by atoms with Crippen molar-refractivity contribution in [3.8, 4) is 0 Å². The van der Waals surface area contributed by atoms with E-state index < -0.39 is 5.97 Å². The Morgan fingerprint density at radius 1 is 0.675 bits per heavy atom. The SMILES string of the molecule is COC(=O)c1ccc2c(c1)CN(Cc1ccccc1)C2.Cc1cccc(CN2Cc3ccc(C(=O)O)cc3C2)c1. The van der Waals surface area contributed by atoms with Crippen molar-refractivity contribution in [1.29, 1.82) is 0 Å². The number of carbonyl (C=O) groups excluding carboxylic acids is 1. The molecule has 0 saturated heterocycles. The third-order valence-electron chi connectivity index (χ3n) is 7.39. The maximum absolute atomic E-state index is 11.6. The third kappa shape index (κ3) is 6.65. The highest BCUT2D eigenvalue weighted by atomic mass is 16.5. The lowest BCUT2D eigenvalue weighted by molar-refractivity contribution is 0.0599. The summed E-state index contributed by atoms with van der Waals surface area (Å²) >= 11 is 0. The highest BCUT2D eigenvalue weighted by Gasteiger charge is 2.21. The average Bonchev–Trinajstić information content (AvgIpc) is 3.55. The number of carboxylic acid groups (broad SMARTS) is 1. The van der Waals surface area contributed by atoms with E-state index in [2.05, 4.69) is 65.3 Å². The van der Waals surface area contributed by atoms with Crippen molar-refractivity contribution in [2.24, 2.45) is 0 Å². The molecule has 0 unspecified atom stereocenters. The van der Waals surface area contributed by atoms with Crippen molar-refractivity contribution in [1.82, 2.24) is 9.80 Å². The lowest BCUT2D eigenvalue weighted by atomic mass is 10.1. The Balaban J connectivity index is 0.000000161. The zero-order valence-electron chi connectivity index (χ0n) is 23.0. The summed E-state index contributed by atoms with van der Waals surface area (Å²) < 4.78 is 4.77. The Bertz CT molecular complexity index is 1520. The lowest BCUT2D eigenvalue weighted by Gasteiger charge is -2.15. The number of esters is 1. The molecule has 0 radical (unpaired) electrons. The van der Waals surface area contributed by atoms with E-state index in [1.54, 1.807) is 12.1 Å². The van der Waals surface area contributed by atoms with Crippen molar-refractivity contribution >= 4 is 11.9 Å². The second-order valence-electron chi connectivity index (χ2n) is 10.5. The number of aryl methyl sites for hydroxylation is 1. The van der Waals surface area contributed by atoms with Gasteiger partial charge in [0.2, 0.25) is 0 Å². The number of fused-ring (bicyclic) bond motifs is 2. The van der Waals surface area contributed by atoms with Crippen molar-refractivity contribution in [2.75, 3.05) is 7.11 Å². The summed E-state index contributed by atoms with van der Waals surface area (Å²) in [6.45, 7) is 7.47. The van der Waals surface area contributed by atoms with Crippen molar-refractivity contribution in [3.63, 3.8) is 0 Å². The minimum absolute atomic E-state index is 0.269. The fraction of sp³-hybridized carbons (Fsp3) is 0.235. The van der Waals surface area contributed by atoms with Gasteiger partial charge in [-0.05, 0) is 64.6 Å². The molecule has 6 nitrogen and oxygen atoms in total. The molecule has 2 heterocycles. The number of benzene rings is 4. The maximum Gasteiger partial charge on any atom is 0.337 e. The second-order valence-corrected chi connectivity index (χ2v) is 10.5. The molecule has 0 saturated carbocycles. The molecule has 0 fully saturated rings. The van der Waals surface area contributed by atoms with E-state index in [4.69, 9.17) is 9.84 Å². The number of methoxy groups -OCH3 is 1. The number of hydrogen-bond acceptors (Lipinski definition) is 5. The van der Waals surface area contributed by atoms with Crippen LogP contribution in [0.2, 0.25) is 0 Å². The zero-order chi connectivity index (χ0) is 28.1. The van der Waals surface area contributed by atoms with Crippen molar-refractivity contribution in [3.05, 3.63) is 141 Å². The molecule has 204 valence electrons. The Hall–Kier alpha value is -4.26. The van der Waals surface area contributed by atoms with Gasteiger partial charge in [-0.25, -0.2) is 9.59 Å². The topological polar surface area (TPSA) is 70.1 Å². The minimum Gasteiger partial charge on any atom is -0.478 e. The van der Waals surface area contributed by atoms with Crippen LogP contribution in [-0.2, 0) is 44.0 Å². The van der Waals surface area contributed by atoms with Gasteiger partial charge in [-0.1, -0.05) is 72.3 Å². The van der Waals surface area contributed by atoms with E-state index in [0.717, 1.165) is 44.8 Å². The summed E-state index contributed by atoms with van der Waals surface area (Å²) in [7, 11) is 1.41. The van der Waals surface area contributed by atoms with Crippen LogP contribution in [0.1, 0.15) is 59.7 Å². The number of nitrogens with zero attached hydrogens (tertiary/aromatic N) is 2. The van der Waals surface area contributed by atoms with Crippen LogP contribution in [-0.4, -0.2) is 34.0 Å². The van der Waals surface area contributed by atoms with E-state index in [1.165, 1.54) is 40.5 Å². The molecule has 0 bridgehead atoms. The molecular formula is C34H34N2O4. The summed E-state index contributed by atoms with van der Waals surface area (Å²) in [5, 5.41) is 9.03. The third-order valence-corrected chi connectivity index (χ3v) is 7.39. The summed E-state index contributed by atoms with van der Waals surface area (Å²) in [5.74, 6) is -1.13. The summed E-state index contributed by atoms with van der Waals surface area (Å²) in [6, 6.07) is 30.2. The first-order valence-corrected chi connectivity index (χ1v) is 13.5. The summed E-state index contributed by atoms with van der Waals surface area (Å²) in [5.41, 5.74) is 9.80. The minimum atomic E-state index is -0.857. The van der Waals surface area contributed by atoms with Crippen LogP contribution in [0.15, 0.2) is 91.0 Å². The Morgan fingerprint density at radius 3 is 1.82 bits per heavy atom. The summed E-state index contributed by atoms with van der Waals surface area (Å²) in [6.07, 6.45) is 0. The largest absolute Gasteiger partial charge is 0.478 e. The normalized spacial score (nSPS) is 14.2. The number of ether oxygens (including phenoxy) is 1. The molecule has 4 aromatic carbocycles. The van der Waals surface area contributed by atoms with Crippen LogP contribution in [0.4, 0.5) is 0 Å². The van der Waals surface area contributed by atoms with Crippen LogP contribution < -0.4 is 0 Å². The van der Waals surface area contributed by atoms with E-state index in [9.17, 15) is 9.59 Å². The van der Waals surface area contributed by atoms with Gasteiger partial charge < -0.3 is 9.84 Å². The molecule has 6 heteroatoms. The standard InChI is InChI=1S/2C17H17NO2/c1-12-3-2-4-13(7-12)9-18-10-15-6-5-14(17(19)20)8-16(15)11-18;1-20-17(19)14-7-8-15-11-18(12-16(15)9-14)10-13-5-3-2-4-6-13/h2-8H,9-11H2,1H3,(H,19,20);2-9H,10-12H2,1H3. The van der Waals surface area contributed by atoms with Gasteiger partial charge in [-0.3, -0.25) is 9.80 Å².